The first-order valence-corrected chi connectivity index (χ1v) is 10.6. The van der Waals surface area contributed by atoms with Crippen LogP contribution >= 0.6 is 0 Å². The molecule has 27 heavy (non-hydrogen) atoms. The van der Waals surface area contributed by atoms with E-state index in [-0.39, 0.29) is 12.8 Å². The molecular formula is C21H37NO5-2. The van der Waals surface area contributed by atoms with Gasteiger partial charge in [-0.05, 0) is 31.6 Å². The number of carbonyl (C=O) groups excluding carboxylic acids is 1. The largest absolute Gasteiger partial charge is 0.862 e. The summed E-state index contributed by atoms with van der Waals surface area (Å²) >= 11 is 0. The monoisotopic (exact) mass is 383 g/mol. The fourth-order valence-corrected chi connectivity index (χ4v) is 3.03. The third-order valence-corrected chi connectivity index (χ3v) is 4.70. The van der Waals surface area contributed by atoms with Crippen molar-refractivity contribution in [3.05, 3.63) is 0 Å². The zero-order valence-corrected chi connectivity index (χ0v) is 16.9. The van der Waals surface area contributed by atoms with Gasteiger partial charge >= 0.3 is 5.97 Å². The Kier molecular flexibility index (Phi) is 16.8. The van der Waals surface area contributed by atoms with E-state index in [0.29, 0.717) is 6.42 Å². The zero-order valence-electron chi connectivity index (χ0n) is 16.9. The molecule has 0 saturated heterocycles. The molecular weight excluding hydrogens is 346 g/mol. The van der Waals surface area contributed by atoms with Crippen molar-refractivity contribution < 1.29 is 24.9 Å². The molecule has 0 amide bonds. The highest BCUT2D eigenvalue weighted by Gasteiger charge is 2.15. The van der Waals surface area contributed by atoms with Gasteiger partial charge in [-0.1, -0.05) is 84.0 Å². The Balaban J connectivity index is 3.62. The van der Waals surface area contributed by atoms with Crippen molar-refractivity contribution in [2.24, 2.45) is 4.99 Å². The summed E-state index contributed by atoms with van der Waals surface area (Å²) in [4.78, 5) is 25.0. The maximum Gasteiger partial charge on any atom is 0.328 e. The molecule has 0 aromatic heterocycles. The highest BCUT2D eigenvalue weighted by molar-refractivity contribution is 5.80. The van der Waals surface area contributed by atoms with Crippen LogP contribution in [0.2, 0.25) is 0 Å². The third kappa shape index (κ3) is 17.6. The predicted molar refractivity (Wildman–Crippen MR) is 103 cm³/mol. The van der Waals surface area contributed by atoms with Crippen molar-refractivity contribution >= 4 is 17.8 Å². The fourth-order valence-electron chi connectivity index (χ4n) is 3.03. The minimum atomic E-state index is -1.33. The molecule has 0 bridgehead atoms. The van der Waals surface area contributed by atoms with Crippen molar-refractivity contribution in [1.82, 2.24) is 0 Å². The third-order valence-electron chi connectivity index (χ3n) is 4.70. The lowest BCUT2D eigenvalue weighted by atomic mass is 10.0. The molecule has 1 atom stereocenters. The molecule has 6 nitrogen and oxygen atoms in total. The van der Waals surface area contributed by atoms with E-state index in [4.69, 9.17) is 5.11 Å². The molecule has 0 radical (unpaired) electrons. The number of carboxylic acid groups (broad SMARTS) is 2. The summed E-state index contributed by atoms with van der Waals surface area (Å²) in [7, 11) is 0. The molecule has 0 unspecified atom stereocenters. The molecule has 0 aromatic carbocycles. The van der Waals surface area contributed by atoms with Gasteiger partial charge in [-0.3, -0.25) is 4.99 Å². The number of hydrogen-bond acceptors (Lipinski definition) is 5. The van der Waals surface area contributed by atoms with Gasteiger partial charge in [0.15, 0.2) is 0 Å². The zero-order chi connectivity index (χ0) is 20.3. The first-order valence-electron chi connectivity index (χ1n) is 10.6. The van der Waals surface area contributed by atoms with Gasteiger partial charge in [0.2, 0.25) is 0 Å². The van der Waals surface area contributed by atoms with Gasteiger partial charge < -0.3 is 20.1 Å². The second-order valence-electron chi connectivity index (χ2n) is 7.28. The van der Waals surface area contributed by atoms with Crippen LogP contribution in [0.4, 0.5) is 0 Å². The molecule has 0 fully saturated rings. The number of aliphatic carboxylic acids is 2. The van der Waals surface area contributed by atoms with E-state index in [9.17, 15) is 19.8 Å². The molecule has 0 saturated carbocycles. The van der Waals surface area contributed by atoms with E-state index in [2.05, 4.69) is 11.9 Å². The van der Waals surface area contributed by atoms with Gasteiger partial charge in [0.05, 0.1) is 0 Å². The average molecular weight is 384 g/mol. The standard InChI is InChI=1S/C21H39NO5/c1-2-3-4-5-6-7-8-9-10-11-12-13-14-15-19(23)22-18(21(26)27)16-17-20(24)25/h18H,2-17H2,1H3,(H,22,23)(H,24,25)(H,26,27)/p-2/t18-/m0/s1. The summed E-state index contributed by atoms with van der Waals surface area (Å²) in [5.74, 6) is -3.06. The minimum Gasteiger partial charge on any atom is -0.862 e. The molecule has 0 heterocycles. The number of carboxylic acids is 2. The van der Waals surface area contributed by atoms with Crippen molar-refractivity contribution in [1.29, 1.82) is 0 Å². The Morgan fingerprint density at radius 2 is 1.22 bits per heavy atom. The second-order valence-corrected chi connectivity index (χ2v) is 7.28. The summed E-state index contributed by atoms with van der Waals surface area (Å²) in [6.07, 6.45) is 15.4. The highest BCUT2D eigenvalue weighted by Crippen LogP contribution is 2.13. The number of aliphatic imine (C=N–C) groups is 1. The lowest BCUT2D eigenvalue weighted by Gasteiger charge is -2.15. The van der Waals surface area contributed by atoms with Gasteiger partial charge in [0.1, 0.15) is 6.04 Å². The molecule has 0 aliphatic rings. The summed E-state index contributed by atoms with van der Waals surface area (Å²) < 4.78 is 0. The van der Waals surface area contributed by atoms with Crippen LogP contribution in [0.5, 0.6) is 0 Å². The van der Waals surface area contributed by atoms with E-state index < -0.39 is 30.3 Å². The minimum absolute atomic E-state index is 0.206. The number of rotatable bonds is 19. The number of unbranched alkanes of at least 4 members (excludes halogenated alkanes) is 12. The fraction of sp³-hybridized carbons (Fsp3) is 0.857. The van der Waals surface area contributed by atoms with E-state index in [1.165, 1.54) is 64.2 Å². The van der Waals surface area contributed by atoms with Crippen molar-refractivity contribution in [2.45, 2.75) is 116 Å². The van der Waals surface area contributed by atoms with E-state index in [0.717, 1.165) is 12.8 Å². The smallest absolute Gasteiger partial charge is 0.328 e. The maximum absolute atomic E-state index is 11.7. The number of nitrogens with zero attached hydrogens (tertiary/aromatic N) is 1. The van der Waals surface area contributed by atoms with Crippen LogP contribution in [-0.4, -0.2) is 29.0 Å². The van der Waals surface area contributed by atoms with Gasteiger partial charge in [0, 0.05) is 5.97 Å². The van der Waals surface area contributed by atoms with E-state index >= 15 is 0 Å². The average Bonchev–Trinajstić information content (AvgIpc) is 2.62. The Labute approximate surface area is 164 Å². The van der Waals surface area contributed by atoms with Crippen LogP contribution < -0.4 is 10.2 Å². The molecule has 158 valence electrons. The summed E-state index contributed by atoms with van der Waals surface area (Å²) in [6.45, 7) is 2.23. The van der Waals surface area contributed by atoms with Gasteiger partial charge in [0.25, 0.3) is 0 Å². The number of carbonyl (C=O) groups is 2. The Morgan fingerprint density at radius 1 is 0.778 bits per heavy atom. The topological polar surface area (TPSA) is 113 Å². The lowest BCUT2D eigenvalue weighted by molar-refractivity contribution is -0.305. The molecule has 6 heteroatoms. The Morgan fingerprint density at radius 3 is 1.63 bits per heavy atom. The molecule has 0 rings (SSSR count). The van der Waals surface area contributed by atoms with Crippen LogP contribution in [-0.2, 0) is 9.59 Å². The molecule has 0 spiro atoms. The first kappa shape index (κ1) is 25.4. The van der Waals surface area contributed by atoms with Crippen LogP contribution in [0, 0.1) is 0 Å². The van der Waals surface area contributed by atoms with Crippen molar-refractivity contribution in [3.8, 4) is 0 Å². The van der Waals surface area contributed by atoms with Crippen molar-refractivity contribution in [2.75, 3.05) is 0 Å². The van der Waals surface area contributed by atoms with E-state index in [1.807, 2.05) is 0 Å². The molecule has 0 aliphatic heterocycles. The normalized spacial score (nSPS) is 12.9. The predicted octanol–water partition coefficient (Wildman–Crippen LogP) is 3.21. The maximum atomic E-state index is 11.7. The molecule has 0 aliphatic carbocycles. The van der Waals surface area contributed by atoms with Crippen LogP contribution in [0.15, 0.2) is 4.99 Å². The van der Waals surface area contributed by atoms with Gasteiger partial charge in [-0.15, -0.1) is 0 Å². The first-order chi connectivity index (χ1) is 13.0. The molecule has 1 N–H and O–H groups in total. The lowest BCUT2D eigenvalue weighted by Crippen LogP contribution is -2.29. The van der Waals surface area contributed by atoms with E-state index in [1.54, 1.807) is 0 Å². The summed E-state index contributed by atoms with van der Waals surface area (Å²) in [5, 5.41) is 31.1. The van der Waals surface area contributed by atoms with Gasteiger partial charge in [-0.2, -0.15) is 0 Å². The summed E-state index contributed by atoms with van der Waals surface area (Å²) in [5.41, 5.74) is 0. The second kappa shape index (κ2) is 17.8. The SMILES string of the molecule is CCCCCCCCCCCCCCCC([O-])=N[C@@H](CCC(=O)[O-])C(=O)O. The van der Waals surface area contributed by atoms with Gasteiger partial charge in [-0.25, -0.2) is 4.79 Å². The van der Waals surface area contributed by atoms with Crippen molar-refractivity contribution in [3.63, 3.8) is 0 Å². The Hall–Kier alpha value is -1.59. The van der Waals surface area contributed by atoms with Crippen LogP contribution in [0.3, 0.4) is 0 Å². The van der Waals surface area contributed by atoms with Crippen LogP contribution in [0.25, 0.3) is 0 Å². The van der Waals surface area contributed by atoms with Crippen LogP contribution in [0.1, 0.15) is 110 Å². The highest BCUT2D eigenvalue weighted by atomic mass is 16.4. The Bertz CT molecular complexity index is 423. The summed E-state index contributed by atoms with van der Waals surface area (Å²) in [6, 6.07) is -1.28. The molecule has 0 aromatic rings. The number of hydrogen-bond donors (Lipinski definition) is 1. The quantitative estimate of drug-likeness (QED) is 0.209.